The SMILES string of the molecule is CCC(C)(C)C1=N[C]([Sr][C]2(C(C)(C)C)N=C(C(C)(C)CC)C(C(C)(C)CC)=N2)(C(C)(C)C)N=C1C(C)(C)CC. The summed E-state index contributed by atoms with van der Waals surface area (Å²) < 4.78 is -0.877. The molecule has 0 bridgehead atoms. The van der Waals surface area contributed by atoms with Crippen LogP contribution in [0.25, 0.3) is 0 Å². The van der Waals surface area contributed by atoms with Crippen LogP contribution in [0, 0.1) is 32.5 Å². The maximum atomic E-state index is 5.83. The summed E-state index contributed by atoms with van der Waals surface area (Å²) in [6.07, 6.45) is 4.19. The molecular formula is C34H62N4Sr. The topological polar surface area (TPSA) is 49.4 Å². The van der Waals surface area contributed by atoms with E-state index in [0.29, 0.717) is 0 Å². The number of hydrogen-bond donors (Lipinski definition) is 0. The quantitative estimate of drug-likeness (QED) is 0.220. The number of aliphatic imine (C=N–C) groups is 4. The fourth-order valence-corrected chi connectivity index (χ4v) is 11.9. The van der Waals surface area contributed by atoms with Crippen LogP contribution in [0.3, 0.4) is 0 Å². The van der Waals surface area contributed by atoms with Crippen LogP contribution in [0.4, 0.5) is 0 Å². The normalized spacial score (nSPS) is 20.4. The van der Waals surface area contributed by atoms with E-state index in [1.165, 1.54) is 22.8 Å². The van der Waals surface area contributed by atoms with Crippen molar-refractivity contribution in [1.29, 1.82) is 0 Å². The Kier molecular flexibility index (Phi) is 9.99. The zero-order valence-electron chi connectivity index (χ0n) is 29.3. The molecule has 0 unspecified atom stereocenters. The first-order valence-electron chi connectivity index (χ1n) is 15.7. The summed E-state index contributed by atoms with van der Waals surface area (Å²) >= 11 is -2.16. The average Bonchev–Trinajstić information content (AvgIpc) is 3.42. The minimum atomic E-state index is -2.16. The van der Waals surface area contributed by atoms with Gasteiger partial charge in [0.1, 0.15) is 0 Å². The Morgan fingerprint density at radius 2 is 0.590 bits per heavy atom. The third-order valence-electron chi connectivity index (χ3n) is 10.6. The van der Waals surface area contributed by atoms with Crippen molar-refractivity contribution in [2.75, 3.05) is 0 Å². The predicted octanol–water partition coefficient (Wildman–Crippen LogP) is 9.63. The second-order valence-corrected chi connectivity index (χ2v) is 22.8. The van der Waals surface area contributed by atoms with Crippen LogP contribution in [-0.4, -0.2) is 65.1 Å². The summed E-state index contributed by atoms with van der Waals surface area (Å²) in [6.45, 7) is 42.2. The van der Waals surface area contributed by atoms with Gasteiger partial charge in [-0.3, -0.25) is 0 Å². The summed E-state index contributed by atoms with van der Waals surface area (Å²) in [4.78, 5) is 23.3. The van der Waals surface area contributed by atoms with Crippen LogP contribution in [0.1, 0.15) is 150 Å². The summed E-state index contributed by atoms with van der Waals surface area (Å²) in [6, 6.07) is 0. The Balaban J connectivity index is 3.02. The van der Waals surface area contributed by atoms with Crippen molar-refractivity contribution in [3.8, 4) is 0 Å². The van der Waals surface area contributed by atoms with Crippen LogP contribution >= 0.6 is 0 Å². The second kappa shape index (κ2) is 11.0. The molecule has 39 heavy (non-hydrogen) atoms. The Morgan fingerprint density at radius 3 is 0.718 bits per heavy atom. The van der Waals surface area contributed by atoms with Crippen molar-refractivity contribution in [1.82, 2.24) is 0 Å². The molecule has 2 aliphatic heterocycles. The third-order valence-corrected chi connectivity index (χ3v) is 19.8. The zero-order valence-corrected chi connectivity index (χ0v) is 32.8. The average molecular weight is 615 g/mol. The maximum absolute atomic E-state index is 5.83. The Morgan fingerprint density at radius 1 is 0.410 bits per heavy atom. The molecule has 0 aromatic carbocycles. The van der Waals surface area contributed by atoms with Crippen molar-refractivity contribution < 1.29 is 0 Å². The number of nitrogens with zero attached hydrogens (tertiary/aromatic N) is 4. The van der Waals surface area contributed by atoms with E-state index in [4.69, 9.17) is 20.0 Å². The van der Waals surface area contributed by atoms with Gasteiger partial charge in [0.05, 0.1) is 0 Å². The Hall–Kier alpha value is 0.161. The van der Waals surface area contributed by atoms with Crippen LogP contribution in [-0.2, 0) is 0 Å². The first-order chi connectivity index (χ1) is 17.3. The summed E-state index contributed by atoms with van der Waals surface area (Å²) in [5, 5.41) is 0. The molecule has 4 nitrogen and oxygen atoms in total. The van der Waals surface area contributed by atoms with Crippen molar-refractivity contribution in [2.24, 2.45) is 52.5 Å². The molecule has 0 saturated carbocycles. The summed E-state index contributed by atoms with van der Waals surface area (Å²) in [5.74, 6) is 0. The molecule has 0 fully saturated rings. The monoisotopic (exact) mass is 614 g/mol. The first-order valence-corrected chi connectivity index (χ1v) is 19.2. The second-order valence-electron chi connectivity index (χ2n) is 17.1. The standard InChI is InChI=1S/2C17H31N2.Sr/c2*1-10-16(6,7)12-13(17(8,9)11-2)19-14(18-12)15(3,4)5;/h2*10-11H2,1-9H3;. The van der Waals surface area contributed by atoms with Gasteiger partial charge in [0.2, 0.25) is 0 Å². The van der Waals surface area contributed by atoms with Crippen molar-refractivity contribution in [3.05, 3.63) is 0 Å². The van der Waals surface area contributed by atoms with Crippen LogP contribution in [0.15, 0.2) is 20.0 Å². The van der Waals surface area contributed by atoms with E-state index in [1.807, 2.05) is 0 Å². The van der Waals surface area contributed by atoms with Gasteiger partial charge in [0.15, 0.2) is 0 Å². The van der Waals surface area contributed by atoms with Gasteiger partial charge in [-0.2, -0.15) is 0 Å². The van der Waals surface area contributed by atoms with Gasteiger partial charge in [0.25, 0.3) is 0 Å². The van der Waals surface area contributed by atoms with Gasteiger partial charge < -0.3 is 0 Å². The van der Waals surface area contributed by atoms with E-state index in [2.05, 4.69) is 125 Å². The van der Waals surface area contributed by atoms with Crippen LogP contribution in [0.2, 0.25) is 0 Å². The van der Waals surface area contributed by atoms with E-state index in [1.54, 1.807) is 0 Å². The minimum absolute atomic E-state index is 0.0219. The van der Waals surface area contributed by atoms with E-state index in [-0.39, 0.29) is 32.5 Å². The Labute approximate surface area is 265 Å². The summed E-state index contributed by atoms with van der Waals surface area (Å²) in [7, 11) is 0. The predicted molar refractivity (Wildman–Crippen MR) is 176 cm³/mol. The molecule has 0 spiro atoms. The fourth-order valence-electron chi connectivity index (χ4n) is 5.26. The first kappa shape index (κ1) is 35.4. The third kappa shape index (κ3) is 6.42. The van der Waals surface area contributed by atoms with Gasteiger partial charge >= 0.3 is 268 Å². The molecule has 0 aromatic rings. The van der Waals surface area contributed by atoms with Gasteiger partial charge in [0, 0.05) is 0 Å². The zero-order chi connectivity index (χ0) is 30.7. The molecule has 220 valence electrons. The molecular weight excluding hydrogens is 552 g/mol. The van der Waals surface area contributed by atoms with Crippen LogP contribution in [0.5, 0.6) is 0 Å². The molecule has 0 N–H and O–H groups in total. The van der Waals surface area contributed by atoms with Crippen molar-refractivity contribution >= 4 is 63.9 Å². The van der Waals surface area contributed by atoms with E-state index >= 15 is 0 Å². The number of hydrogen-bond acceptors (Lipinski definition) is 4. The molecule has 0 aliphatic carbocycles. The van der Waals surface area contributed by atoms with Gasteiger partial charge in [-0.1, -0.05) is 0 Å². The summed E-state index contributed by atoms with van der Waals surface area (Å²) in [5.41, 5.74) is 4.63. The molecule has 0 aromatic heterocycles. The molecule has 2 aliphatic rings. The van der Waals surface area contributed by atoms with E-state index in [9.17, 15) is 0 Å². The molecule has 5 heteroatoms. The Bertz CT molecular complexity index is 904. The van der Waals surface area contributed by atoms with E-state index in [0.717, 1.165) is 25.7 Å². The van der Waals surface area contributed by atoms with Gasteiger partial charge in [-0.05, 0) is 0 Å². The van der Waals surface area contributed by atoms with Crippen LogP contribution < -0.4 is 0 Å². The van der Waals surface area contributed by atoms with Crippen molar-refractivity contribution in [3.63, 3.8) is 0 Å². The van der Waals surface area contributed by atoms with Crippen molar-refractivity contribution in [2.45, 2.75) is 152 Å². The number of rotatable bonds is 10. The molecule has 0 amide bonds. The molecule has 0 saturated heterocycles. The molecule has 0 atom stereocenters. The molecule has 0 radical (unpaired) electrons. The van der Waals surface area contributed by atoms with Gasteiger partial charge in [-0.15, -0.1) is 0 Å². The molecule has 2 rings (SSSR count). The molecule has 2 heterocycles. The van der Waals surface area contributed by atoms with E-state index < -0.39 is 42.3 Å². The fraction of sp³-hybridized carbons (Fsp3) is 0.882. The van der Waals surface area contributed by atoms with Gasteiger partial charge in [-0.25, -0.2) is 0 Å².